The summed E-state index contributed by atoms with van der Waals surface area (Å²) in [4.78, 5) is 15.2. The van der Waals surface area contributed by atoms with Crippen LogP contribution in [0.15, 0.2) is 24.4 Å². The molecule has 0 aliphatic carbocycles. The fraction of sp³-hybridized carbons (Fsp3) is 0.200. The van der Waals surface area contributed by atoms with Gasteiger partial charge in [-0.05, 0) is 19.2 Å². The van der Waals surface area contributed by atoms with Crippen molar-refractivity contribution in [1.29, 1.82) is 0 Å². The lowest BCUT2D eigenvalue weighted by Gasteiger charge is -1.97. The Bertz CT molecular complexity index is 504. The second kappa shape index (κ2) is 3.70. The first kappa shape index (κ1) is 9.67. The molecule has 78 valence electrons. The number of pyridine rings is 1. The van der Waals surface area contributed by atoms with Crippen LogP contribution in [-0.2, 0) is 6.54 Å². The molecular weight excluding hydrogens is 194 g/mol. The highest BCUT2D eigenvalue weighted by Crippen LogP contribution is 2.09. The Labute approximate surface area is 86.4 Å². The standard InChI is InChI=1S/C10H11N3O2/c1-11-5-7-6-13-8(10(14)15)3-2-4-9(13)12-7/h2-4,6,11H,5H2,1H3,(H,14,15). The Kier molecular flexibility index (Phi) is 2.39. The Morgan fingerprint density at radius 3 is 3.07 bits per heavy atom. The van der Waals surface area contributed by atoms with Crippen LogP contribution < -0.4 is 5.32 Å². The summed E-state index contributed by atoms with van der Waals surface area (Å²) >= 11 is 0. The first-order chi connectivity index (χ1) is 7.22. The van der Waals surface area contributed by atoms with Gasteiger partial charge in [0.2, 0.25) is 0 Å². The number of rotatable bonds is 3. The number of aromatic carboxylic acids is 1. The predicted molar refractivity (Wildman–Crippen MR) is 54.9 cm³/mol. The summed E-state index contributed by atoms with van der Waals surface area (Å²) in [6.45, 7) is 0.626. The van der Waals surface area contributed by atoms with Gasteiger partial charge in [-0.2, -0.15) is 0 Å². The van der Waals surface area contributed by atoms with Crippen LogP contribution in [0.4, 0.5) is 0 Å². The van der Waals surface area contributed by atoms with E-state index < -0.39 is 5.97 Å². The normalized spacial score (nSPS) is 10.7. The van der Waals surface area contributed by atoms with Crippen LogP contribution in [0.5, 0.6) is 0 Å². The van der Waals surface area contributed by atoms with E-state index in [0.29, 0.717) is 12.2 Å². The van der Waals surface area contributed by atoms with Crippen LogP contribution in [0.25, 0.3) is 5.65 Å². The fourth-order valence-corrected chi connectivity index (χ4v) is 1.50. The summed E-state index contributed by atoms with van der Waals surface area (Å²) < 4.78 is 1.58. The van der Waals surface area contributed by atoms with Crippen molar-refractivity contribution < 1.29 is 9.90 Å². The Hall–Kier alpha value is -1.88. The topological polar surface area (TPSA) is 66.6 Å². The maximum absolute atomic E-state index is 10.9. The van der Waals surface area contributed by atoms with Crippen molar-refractivity contribution in [2.24, 2.45) is 0 Å². The molecule has 15 heavy (non-hydrogen) atoms. The molecular formula is C10H11N3O2. The van der Waals surface area contributed by atoms with Crippen molar-refractivity contribution in [3.8, 4) is 0 Å². The molecule has 2 N–H and O–H groups in total. The molecule has 2 rings (SSSR count). The van der Waals surface area contributed by atoms with Crippen molar-refractivity contribution in [2.45, 2.75) is 6.54 Å². The van der Waals surface area contributed by atoms with Gasteiger partial charge in [0.25, 0.3) is 0 Å². The molecule has 5 heteroatoms. The van der Waals surface area contributed by atoms with E-state index in [1.807, 2.05) is 7.05 Å². The van der Waals surface area contributed by atoms with Crippen molar-refractivity contribution in [2.75, 3.05) is 7.05 Å². The molecule has 0 radical (unpaired) electrons. The van der Waals surface area contributed by atoms with Gasteiger partial charge in [-0.25, -0.2) is 9.78 Å². The summed E-state index contributed by atoms with van der Waals surface area (Å²) in [5, 5.41) is 11.9. The molecule has 0 amide bonds. The van der Waals surface area contributed by atoms with Crippen molar-refractivity contribution in [3.05, 3.63) is 35.8 Å². The molecule has 0 saturated heterocycles. The smallest absolute Gasteiger partial charge is 0.352 e. The number of hydrogen-bond donors (Lipinski definition) is 2. The van der Waals surface area contributed by atoms with Gasteiger partial charge >= 0.3 is 5.97 Å². The zero-order valence-electron chi connectivity index (χ0n) is 8.27. The van der Waals surface area contributed by atoms with E-state index in [1.165, 1.54) is 0 Å². The average molecular weight is 205 g/mol. The second-order valence-corrected chi connectivity index (χ2v) is 3.21. The van der Waals surface area contributed by atoms with E-state index >= 15 is 0 Å². The average Bonchev–Trinajstić information content (AvgIpc) is 2.59. The van der Waals surface area contributed by atoms with E-state index in [4.69, 9.17) is 5.11 Å². The van der Waals surface area contributed by atoms with Crippen LogP contribution in [0.3, 0.4) is 0 Å². The molecule has 2 heterocycles. The van der Waals surface area contributed by atoms with Crippen LogP contribution in [-0.4, -0.2) is 27.5 Å². The molecule has 0 aliphatic heterocycles. The quantitative estimate of drug-likeness (QED) is 0.776. The summed E-state index contributed by atoms with van der Waals surface area (Å²) in [5.74, 6) is -0.950. The van der Waals surface area contributed by atoms with Gasteiger partial charge in [-0.3, -0.25) is 4.40 Å². The van der Waals surface area contributed by atoms with Crippen molar-refractivity contribution in [1.82, 2.24) is 14.7 Å². The van der Waals surface area contributed by atoms with Crippen molar-refractivity contribution in [3.63, 3.8) is 0 Å². The van der Waals surface area contributed by atoms with E-state index in [1.54, 1.807) is 28.8 Å². The molecule has 5 nitrogen and oxygen atoms in total. The molecule has 0 atom stereocenters. The predicted octanol–water partition coefficient (Wildman–Crippen LogP) is 0.752. The zero-order chi connectivity index (χ0) is 10.8. The molecule has 2 aromatic heterocycles. The highest BCUT2D eigenvalue weighted by molar-refractivity contribution is 5.86. The first-order valence-electron chi connectivity index (χ1n) is 4.57. The number of fused-ring (bicyclic) bond motifs is 1. The maximum Gasteiger partial charge on any atom is 0.352 e. The van der Waals surface area contributed by atoms with Gasteiger partial charge in [0.15, 0.2) is 0 Å². The van der Waals surface area contributed by atoms with Crippen LogP contribution in [0.2, 0.25) is 0 Å². The van der Waals surface area contributed by atoms with Gasteiger partial charge < -0.3 is 10.4 Å². The Balaban J connectivity index is 2.59. The SMILES string of the molecule is CNCc1cn2c(C(=O)O)cccc2n1. The van der Waals surface area contributed by atoms with Gasteiger partial charge in [0.1, 0.15) is 11.3 Å². The molecule has 0 aliphatic rings. The third kappa shape index (κ3) is 1.69. The molecule has 0 fully saturated rings. The molecule has 0 bridgehead atoms. The lowest BCUT2D eigenvalue weighted by molar-refractivity contribution is 0.0689. The van der Waals surface area contributed by atoms with Gasteiger partial charge in [0, 0.05) is 12.7 Å². The van der Waals surface area contributed by atoms with E-state index in [-0.39, 0.29) is 5.69 Å². The molecule has 0 spiro atoms. The third-order valence-electron chi connectivity index (χ3n) is 2.12. The van der Waals surface area contributed by atoms with Crippen LogP contribution in [0, 0.1) is 0 Å². The molecule has 0 unspecified atom stereocenters. The molecule has 0 aromatic carbocycles. The highest BCUT2D eigenvalue weighted by atomic mass is 16.4. The molecule has 0 saturated carbocycles. The minimum atomic E-state index is -0.950. The van der Waals surface area contributed by atoms with Crippen LogP contribution >= 0.6 is 0 Å². The number of carboxylic acids is 1. The zero-order valence-corrected chi connectivity index (χ0v) is 8.27. The first-order valence-corrected chi connectivity index (χ1v) is 4.57. The Morgan fingerprint density at radius 2 is 2.40 bits per heavy atom. The van der Waals surface area contributed by atoms with Gasteiger partial charge in [-0.15, -0.1) is 0 Å². The second-order valence-electron chi connectivity index (χ2n) is 3.21. The maximum atomic E-state index is 10.9. The molecule has 2 aromatic rings. The highest BCUT2D eigenvalue weighted by Gasteiger charge is 2.09. The summed E-state index contributed by atoms with van der Waals surface area (Å²) in [6, 6.07) is 5.03. The third-order valence-corrected chi connectivity index (χ3v) is 2.12. The van der Waals surface area contributed by atoms with E-state index in [9.17, 15) is 4.79 Å². The van der Waals surface area contributed by atoms with Crippen molar-refractivity contribution >= 4 is 11.6 Å². The number of nitrogens with zero attached hydrogens (tertiary/aromatic N) is 2. The van der Waals surface area contributed by atoms with E-state index in [0.717, 1.165) is 5.69 Å². The summed E-state index contributed by atoms with van der Waals surface area (Å²) in [5.41, 5.74) is 1.70. The van der Waals surface area contributed by atoms with Gasteiger partial charge in [0.05, 0.1) is 5.69 Å². The number of imidazole rings is 1. The minimum Gasteiger partial charge on any atom is -0.477 e. The fourth-order valence-electron chi connectivity index (χ4n) is 1.50. The van der Waals surface area contributed by atoms with Gasteiger partial charge in [-0.1, -0.05) is 6.07 Å². The number of nitrogens with one attached hydrogen (secondary N) is 1. The minimum absolute atomic E-state index is 0.224. The number of carboxylic acid groups (broad SMARTS) is 1. The van der Waals surface area contributed by atoms with Crippen LogP contribution in [0.1, 0.15) is 16.2 Å². The van der Waals surface area contributed by atoms with E-state index in [2.05, 4.69) is 10.3 Å². The summed E-state index contributed by atoms with van der Waals surface area (Å²) in [7, 11) is 1.82. The lowest BCUT2D eigenvalue weighted by atomic mass is 10.3. The lowest BCUT2D eigenvalue weighted by Crippen LogP contribution is -2.05. The monoisotopic (exact) mass is 205 g/mol. The number of hydrogen-bond acceptors (Lipinski definition) is 3. The summed E-state index contributed by atoms with van der Waals surface area (Å²) in [6.07, 6.45) is 1.73. The number of aromatic nitrogens is 2. The largest absolute Gasteiger partial charge is 0.477 e. The number of carbonyl (C=O) groups is 1. The Morgan fingerprint density at radius 1 is 1.60 bits per heavy atom.